The van der Waals surface area contributed by atoms with E-state index in [1.807, 2.05) is 0 Å². The Morgan fingerprint density at radius 2 is 1.92 bits per heavy atom. The van der Waals surface area contributed by atoms with Crippen LogP contribution in [0, 0.1) is 5.92 Å². The number of amides is 1. The molecule has 1 N–H and O–H groups in total. The summed E-state index contributed by atoms with van der Waals surface area (Å²) in [6.45, 7) is 5.45. The topological polar surface area (TPSA) is 32.3 Å². The Balaban J connectivity index is 1.50. The zero-order valence-electron chi connectivity index (χ0n) is 14.9. The van der Waals surface area contributed by atoms with E-state index in [1.165, 1.54) is 69.3 Å². The van der Waals surface area contributed by atoms with Crippen LogP contribution >= 0.6 is 0 Å². The first-order chi connectivity index (χ1) is 11.7. The summed E-state index contributed by atoms with van der Waals surface area (Å²) in [6.07, 6.45) is 9.20. The van der Waals surface area contributed by atoms with Gasteiger partial charge in [0.15, 0.2) is 0 Å². The number of carbonyl (C=O) groups is 1. The molecule has 1 aliphatic heterocycles. The Labute approximate surface area is 145 Å². The summed E-state index contributed by atoms with van der Waals surface area (Å²) in [5.74, 6) is 1.06. The Hall–Kier alpha value is -1.35. The van der Waals surface area contributed by atoms with Gasteiger partial charge in [-0.15, -0.1) is 0 Å². The maximum atomic E-state index is 11.6. The SMILES string of the molecule is CC(=O)N[C@H]1CCC2(CCN(CC3CCC3)CC2)c2ccccc21. The summed E-state index contributed by atoms with van der Waals surface area (Å²) in [6, 6.07) is 9.07. The Morgan fingerprint density at radius 1 is 1.17 bits per heavy atom. The molecule has 1 spiro atoms. The van der Waals surface area contributed by atoms with Crippen molar-refractivity contribution < 1.29 is 4.79 Å². The van der Waals surface area contributed by atoms with E-state index in [0.29, 0.717) is 5.41 Å². The molecule has 1 aromatic carbocycles. The molecular weight excluding hydrogens is 296 g/mol. The van der Waals surface area contributed by atoms with Gasteiger partial charge in [-0.05, 0) is 74.1 Å². The van der Waals surface area contributed by atoms with Gasteiger partial charge in [0.25, 0.3) is 0 Å². The van der Waals surface area contributed by atoms with Crippen LogP contribution in [0.1, 0.15) is 69.0 Å². The molecule has 1 saturated heterocycles. The normalized spacial score (nSPS) is 26.6. The molecule has 2 fully saturated rings. The maximum absolute atomic E-state index is 11.6. The molecular formula is C21H30N2O. The largest absolute Gasteiger partial charge is 0.350 e. The third-order valence-corrected chi connectivity index (χ3v) is 6.75. The average molecular weight is 326 g/mol. The number of piperidine rings is 1. The molecule has 0 unspecified atom stereocenters. The third kappa shape index (κ3) is 2.99. The predicted octanol–water partition coefficient (Wildman–Crippen LogP) is 3.79. The van der Waals surface area contributed by atoms with Crippen molar-refractivity contribution in [3.8, 4) is 0 Å². The second kappa shape index (κ2) is 6.51. The number of likely N-dealkylation sites (tertiary alicyclic amines) is 1. The predicted molar refractivity (Wildman–Crippen MR) is 96.9 cm³/mol. The summed E-state index contributed by atoms with van der Waals surface area (Å²) in [4.78, 5) is 14.3. The molecule has 0 bridgehead atoms. The number of benzene rings is 1. The number of hydrogen-bond acceptors (Lipinski definition) is 2. The standard InChI is InChI=1S/C21H30N2O/c1-16(24)22-20-9-10-21(19-8-3-2-7-18(19)20)11-13-23(14-12-21)15-17-5-4-6-17/h2-3,7-8,17,20H,4-6,9-15H2,1H3,(H,22,24)/t20-/m0/s1. The van der Waals surface area contributed by atoms with Crippen LogP contribution < -0.4 is 5.32 Å². The molecule has 1 aromatic rings. The maximum Gasteiger partial charge on any atom is 0.217 e. The van der Waals surface area contributed by atoms with Gasteiger partial charge in [-0.25, -0.2) is 0 Å². The fourth-order valence-corrected chi connectivity index (χ4v) is 5.11. The van der Waals surface area contributed by atoms with Crippen molar-refractivity contribution in [2.24, 2.45) is 5.92 Å². The van der Waals surface area contributed by atoms with E-state index in [1.54, 1.807) is 6.92 Å². The molecule has 1 amide bonds. The van der Waals surface area contributed by atoms with Crippen molar-refractivity contribution >= 4 is 5.91 Å². The van der Waals surface area contributed by atoms with Crippen molar-refractivity contribution in [1.29, 1.82) is 0 Å². The number of hydrogen-bond donors (Lipinski definition) is 1. The van der Waals surface area contributed by atoms with E-state index in [9.17, 15) is 4.79 Å². The molecule has 0 aromatic heterocycles. The summed E-state index contributed by atoms with van der Waals surface area (Å²) >= 11 is 0. The van der Waals surface area contributed by atoms with Crippen LogP contribution in [0.4, 0.5) is 0 Å². The van der Waals surface area contributed by atoms with Crippen LogP contribution in [0.15, 0.2) is 24.3 Å². The molecule has 1 heterocycles. The number of nitrogens with zero attached hydrogens (tertiary/aromatic N) is 1. The van der Waals surface area contributed by atoms with Crippen LogP contribution in [0.3, 0.4) is 0 Å². The summed E-state index contributed by atoms with van der Waals surface area (Å²) in [5.41, 5.74) is 3.23. The molecule has 24 heavy (non-hydrogen) atoms. The highest BCUT2D eigenvalue weighted by molar-refractivity contribution is 5.73. The van der Waals surface area contributed by atoms with Crippen molar-refractivity contribution in [2.45, 2.75) is 63.3 Å². The van der Waals surface area contributed by atoms with Gasteiger partial charge < -0.3 is 10.2 Å². The fourth-order valence-electron chi connectivity index (χ4n) is 5.11. The minimum absolute atomic E-state index is 0.0843. The number of nitrogens with one attached hydrogen (secondary N) is 1. The van der Waals surface area contributed by atoms with Crippen molar-refractivity contribution in [3.63, 3.8) is 0 Å². The lowest BCUT2D eigenvalue weighted by atomic mass is 9.63. The van der Waals surface area contributed by atoms with Gasteiger partial charge in [-0.3, -0.25) is 4.79 Å². The van der Waals surface area contributed by atoms with Crippen LogP contribution in [0.25, 0.3) is 0 Å². The minimum Gasteiger partial charge on any atom is -0.350 e. The quantitative estimate of drug-likeness (QED) is 0.916. The summed E-state index contributed by atoms with van der Waals surface area (Å²) in [5, 5.41) is 3.16. The van der Waals surface area contributed by atoms with E-state index < -0.39 is 0 Å². The van der Waals surface area contributed by atoms with Crippen molar-refractivity contribution in [3.05, 3.63) is 35.4 Å². The van der Waals surface area contributed by atoms with Gasteiger partial charge >= 0.3 is 0 Å². The smallest absolute Gasteiger partial charge is 0.217 e. The van der Waals surface area contributed by atoms with Crippen molar-refractivity contribution in [2.75, 3.05) is 19.6 Å². The molecule has 3 heteroatoms. The van der Waals surface area contributed by atoms with Crippen LogP contribution in [0.2, 0.25) is 0 Å². The zero-order valence-corrected chi connectivity index (χ0v) is 14.9. The van der Waals surface area contributed by atoms with E-state index in [0.717, 1.165) is 12.3 Å². The third-order valence-electron chi connectivity index (χ3n) is 6.75. The van der Waals surface area contributed by atoms with Crippen LogP contribution in [-0.2, 0) is 10.2 Å². The van der Waals surface area contributed by atoms with Crippen LogP contribution in [-0.4, -0.2) is 30.4 Å². The van der Waals surface area contributed by atoms with Gasteiger partial charge in [0.1, 0.15) is 0 Å². The second-order valence-corrected chi connectivity index (χ2v) is 8.26. The lowest BCUT2D eigenvalue weighted by Gasteiger charge is -2.48. The highest BCUT2D eigenvalue weighted by atomic mass is 16.1. The average Bonchev–Trinajstić information content (AvgIpc) is 2.55. The lowest BCUT2D eigenvalue weighted by molar-refractivity contribution is -0.119. The first-order valence-electron chi connectivity index (χ1n) is 9.75. The monoisotopic (exact) mass is 326 g/mol. The summed E-state index contributed by atoms with van der Waals surface area (Å²) < 4.78 is 0. The molecule has 2 aliphatic carbocycles. The van der Waals surface area contributed by atoms with Gasteiger partial charge in [0.05, 0.1) is 6.04 Å². The molecule has 4 rings (SSSR count). The molecule has 3 nitrogen and oxygen atoms in total. The molecule has 1 saturated carbocycles. The van der Waals surface area contributed by atoms with E-state index in [-0.39, 0.29) is 11.9 Å². The number of rotatable bonds is 3. The van der Waals surface area contributed by atoms with E-state index in [4.69, 9.17) is 0 Å². The van der Waals surface area contributed by atoms with E-state index >= 15 is 0 Å². The number of fused-ring (bicyclic) bond motifs is 2. The molecule has 3 aliphatic rings. The number of carbonyl (C=O) groups excluding carboxylic acids is 1. The highest BCUT2D eigenvalue weighted by Gasteiger charge is 2.42. The van der Waals surface area contributed by atoms with Gasteiger partial charge in [0.2, 0.25) is 5.91 Å². The molecule has 130 valence electrons. The zero-order chi connectivity index (χ0) is 16.6. The second-order valence-electron chi connectivity index (χ2n) is 8.26. The Morgan fingerprint density at radius 3 is 2.58 bits per heavy atom. The van der Waals surface area contributed by atoms with E-state index in [2.05, 4.69) is 34.5 Å². The minimum atomic E-state index is 0.0843. The first kappa shape index (κ1) is 16.1. The Kier molecular flexibility index (Phi) is 4.38. The first-order valence-corrected chi connectivity index (χ1v) is 9.75. The fraction of sp³-hybridized carbons (Fsp3) is 0.667. The molecule has 0 radical (unpaired) electrons. The van der Waals surface area contributed by atoms with Gasteiger partial charge in [0, 0.05) is 13.5 Å². The van der Waals surface area contributed by atoms with Gasteiger partial charge in [-0.2, -0.15) is 0 Å². The Bertz CT molecular complexity index is 600. The van der Waals surface area contributed by atoms with Crippen molar-refractivity contribution in [1.82, 2.24) is 10.2 Å². The summed E-state index contributed by atoms with van der Waals surface area (Å²) in [7, 11) is 0. The highest BCUT2D eigenvalue weighted by Crippen LogP contribution is 2.48. The van der Waals surface area contributed by atoms with Gasteiger partial charge in [-0.1, -0.05) is 30.7 Å². The molecule has 1 atom stereocenters. The van der Waals surface area contributed by atoms with Crippen LogP contribution in [0.5, 0.6) is 0 Å². The lowest BCUT2D eigenvalue weighted by Crippen LogP contribution is -2.47.